The van der Waals surface area contributed by atoms with Crippen molar-refractivity contribution in [2.75, 3.05) is 41.4 Å². The zero-order chi connectivity index (χ0) is 18.6. The van der Waals surface area contributed by atoms with Gasteiger partial charge in [-0.2, -0.15) is 20.1 Å². The maximum absolute atomic E-state index is 4.73. The van der Waals surface area contributed by atoms with Crippen LogP contribution in [-0.2, 0) is 0 Å². The van der Waals surface area contributed by atoms with Gasteiger partial charge in [-0.3, -0.25) is 0 Å². The third kappa shape index (κ3) is 4.37. The Kier molecular flexibility index (Phi) is 5.52. The van der Waals surface area contributed by atoms with Gasteiger partial charge in [-0.15, -0.1) is 0 Å². The lowest BCUT2D eigenvalue weighted by molar-refractivity contribution is 0.838. The molecule has 1 aromatic carbocycles. The van der Waals surface area contributed by atoms with E-state index in [4.69, 9.17) is 4.98 Å². The van der Waals surface area contributed by atoms with Gasteiger partial charge in [-0.25, -0.2) is 5.43 Å². The Morgan fingerprint density at radius 2 is 1.41 bits per heavy atom. The summed E-state index contributed by atoms with van der Waals surface area (Å²) in [5, 5.41) is 4.49. The Labute approximate surface area is 168 Å². The normalized spacial score (nSPS) is 17.6. The standard InChI is InChI=1S/C19H24BrN7/c1-14(15-6-8-16(20)9-7-15)24-25-17-21-18(26-10-2-3-11-26)23-19(22-17)27-12-4-5-13-27/h6-9H,2-5,10-13H2,1H3,(H,21,22,23,25)/b24-14-. The highest BCUT2D eigenvalue weighted by Gasteiger charge is 2.21. The first-order valence-electron chi connectivity index (χ1n) is 9.51. The molecule has 2 aromatic rings. The summed E-state index contributed by atoms with van der Waals surface area (Å²) in [6.45, 7) is 5.99. The number of hydrogen-bond donors (Lipinski definition) is 1. The van der Waals surface area contributed by atoms with Crippen molar-refractivity contribution in [1.29, 1.82) is 0 Å². The SMILES string of the molecule is C/C(=N/Nc1nc(N2CCCC2)nc(N2CCCC2)n1)c1ccc(Br)cc1. The highest BCUT2D eigenvalue weighted by atomic mass is 79.9. The number of nitrogens with one attached hydrogen (secondary N) is 1. The second-order valence-corrected chi connectivity index (χ2v) is 7.88. The number of rotatable bonds is 5. The molecule has 0 amide bonds. The second kappa shape index (κ2) is 8.21. The summed E-state index contributed by atoms with van der Waals surface area (Å²) in [6.07, 6.45) is 4.76. The van der Waals surface area contributed by atoms with Crippen molar-refractivity contribution in [3.05, 3.63) is 34.3 Å². The summed E-state index contributed by atoms with van der Waals surface area (Å²) >= 11 is 3.46. The molecule has 2 aliphatic heterocycles. The van der Waals surface area contributed by atoms with Gasteiger partial charge in [0.05, 0.1) is 5.71 Å². The van der Waals surface area contributed by atoms with E-state index in [0.717, 1.165) is 53.8 Å². The first kappa shape index (κ1) is 18.2. The molecule has 1 aromatic heterocycles. The van der Waals surface area contributed by atoms with Crippen molar-refractivity contribution >= 4 is 39.5 Å². The molecule has 0 bridgehead atoms. The molecule has 1 N–H and O–H groups in total. The Bertz CT molecular complexity index is 775. The van der Waals surface area contributed by atoms with Gasteiger partial charge in [0.1, 0.15) is 0 Å². The van der Waals surface area contributed by atoms with Crippen molar-refractivity contribution in [3.63, 3.8) is 0 Å². The van der Waals surface area contributed by atoms with Gasteiger partial charge in [-0.05, 0) is 50.3 Å². The zero-order valence-electron chi connectivity index (χ0n) is 15.5. The molecule has 142 valence electrons. The van der Waals surface area contributed by atoms with Gasteiger partial charge in [0.25, 0.3) is 0 Å². The van der Waals surface area contributed by atoms with Gasteiger partial charge < -0.3 is 9.80 Å². The number of anilines is 3. The molecule has 2 fully saturated rings. The lowest BCUT2D eigenvalue weighted by Gasteiger charge is -2.20. The molecule has 2 saturated heterocycles. The minimum atomic E-state index is 0.505. The van der Waals surface area contributed by atoms with E-state index in [1.54, 1.807) is 0 Å². The summed E-state index contributed by atoms with van der Waals surface area (Å²) in [6, 6.07) is 8.08. The lowest BCUT2D eigenvalue weighted by atomic mass is 10.1. The van der Waals surface area contributed by atoms with Crippen LogP contribution in [0, 0.1) is 0 Å². The Hall–Kier alpha value is -2.22. The number of hydrogen-bond acceptors (Lipinski definition) is 7. The van der Waals surface area contributed by atoms with E-state index >= 15 is 0 Å². The molecule has 0 radical (unpaired) electrons. The topological polar surface area (TPSA) is 69.5 Å². The first-order valence-corrected chi connectivity index (χ1v) is 10.3. The van der Waals surface area contributed by atoms with E-state index < -0.39 is 0 Å². The Morgan fingerprint density at radius 1 is 0.889 bits per heavy atom. The number of benzene rings is 1. The molecule has 8 heteroatoms. The van der Waals surface area contributed by atoms with E-state index in [1.807, 2.05) is 31.2 Å². The van der Waals surface area contributed by atoms with Crippen LogP contribution in [0.25, 0.3) is 0 Å². The maximum Gasteiger partial charge on any atom is 0.250 e. The van der Waals surface area contributed by atoms with Gasteiger partial charge >= 0.3 is 0 Å². The lowest BCUT2D eigenvalue weighted by Crippen LogP contribution is -2.25. The fraction of sp³-hybridized carbons (Fsp3) is 0.474. The molecule has 0 saturated carbocycles. The minimum Gasteiger partial charge on any atom is -0.341 e. The van der Waals surface area contributed by atoms with E-state index in [2.05, 4.69) is 46.2 Å². The molecule has 0 atom stereocenters. The number of aromatic nitrogens is 3. The summed E-state index contributed by atoms with van der Waals surface area (Å²) in [4.78, 5) is 18.4. The number of halogens is 1. The van der Waals surface area contributed by atoms with Crippen molar-refractivity contribution in [3.8, 4) is 0 Å². The third-order valence-corrected chi connectivity index (χ3v) is 5.50. The molecular formula is C19H24BrN7. The zero-order valence-corrected chi connectivity index (χ0v) is 17.1. The van der Waals surface area contributed by atoms with Crippen LogP contribution in [0.2, 0.25) is 0 Å². The van der Waals surface area contributed by atoms with Crippen LogP contribution in [-0.4, -0.2) is 46.8 Å². The Morgan fingerprint density at radius 3 is 1.93 bits per heavy atom. The van der Waals surface area contributed by atoms with E-state index in [-0.39, 0.29) is 0 Å². The van der Waals surface area contributed by atoms with Crippen LogP contribution in [0.3, 0.4) is 0 Å². The summed E-state index contributed by atoms with van der Waals surface area (Å²) in [5.41, 5.74) is 4.98. The highest BCUT2D eigenvalue weighted by Crippen LogP contribution is 2.22. The molecule has 0 spiro atoms. The first-order chi connectivity index (χ1) is 13.2. The molecule has 0 unspecified atom stereocenters. The molecule has 3 heterocycles. The quantitative estimate of drug-likeness (QED) is 0.577. The van der Waals surface area contributed by atoms with Crippen molar-refractivity contribution < 1.29 is 0 Å². The van der Waals surface area contributed by atoms with E-state index in [1.165, 1.54) is 25.7 Å². The molecule has 27 heavy (non-hydrogen) atoms. The Balaban J connectivity index is 1.58. The highest BCUT2D eigenvalue weighted by molar-refractivity contribution is 9.10. The minimum absolute atomic E-state index is 0.505. The van der Waals surface area contributed by atoms with E-state index in [9.17, 15) is 0 Å². The number of nitrogens with zero attached hydrogens (tertiary/aromatic N) is 6. The number of hydrazone groups is 1. The molecule has 2 aliphatic rings. The van der Waals surface area contributed by atoms with Crippen LogP contribution < -0.4 is 15.2 Å². The van der Waals surface area contributed by atoms with Crippen LogP contribution in [0.15, 0.2) is 33.8 Å². The van der Waals surface area contributed by atoms with Gasteiger partial charge in [-0.1, -0.05) is 28.1 Å². The van der Waals surface area contributed by atoms with Gasteiger partial charge in [0, 0.05) is 30.7 Å². The van der Waals surface area contributed by atoms with Crippen molar-refractivity contribution in [1.82, 2.24) is 15.0 Å². The van der Waals surface area contributed by atoms with E-state index in [0.29, 0.717) is 5.95 Å². The largest absolute Gasteiger partial charge is 0.341 e. The predicted octanol–water partition coefficient (Wildman–Crippen LogP) is 3.67. The fourth-order valence-corrected chi connectivity index (χ4v) is 3.67. The maximum atomic E-state index is 4.73. The van der Waals surface area contributed by atoms with Crippen molar-refractivity contribution in [2.45, 2.75) is 32.6 Å². The third-order valence-electron chi connectivity index (χ3n) is 4.98. The van der Waals surface area contributed by atoms with Crippen molar-refractivity contribution in [2.24, 2.45) is 5.10 Å². The fourth-order valence-electron chi connectivity index (χ4n) is 3.41. The monoisotopic (exact) mass is 429 g/mol. The predicted molar refractivity (Wildman–Crippen MR) is 113 cm³/mol. The summed E-state index contributed by atoms with van der Waals surface area (Å²) in [7, 11) is 0. The molecular weight excluding hydrogens is 406 g/mol. The molecule has 4 rings (SSSR count). The average molecular weight is 430 g/mol. The second-order valence-electron chi connectivity index (χ2n) is 6.96. The van der Waals surface area contributed by atoms with Crippen LogP contribution >= 0.6 is 15.9 Å². The van der Waals surface area contributed by atoms with Crippen LogP contribution in [0.4, 0.5) is 17.8 Å². The van der Waals surface area contributed by atoms with Crippen LogP contribution in [0.5, 0.6) is 0 Å². The molecule has 7 nitrogen and oxygen atoms in total. The van der Waals surface area contributed by atoms with Gasteiger partial charge in [0.2, 0.25) is 17.8 Å². The summed E-state index contributed by atoms with van der Waals surface area (Å²) in [5.74, 6) is 2.01. The summed E-state index contributed by atoms with van der Waals surface area (Å²) < 4.78 is 1.05. The molecule has 0 aliphatic carbocycles. The van der Waals surface area contributed by atoms with Gasteiger partial charge in [0.15, 0.2) is 0 Å². The average Bonchev–Trinajstić information content (AvgIpc) is 3.40. The van der Waals surface area contributed by atoms with Crippen LogP contribution in [0.1, 0.15) is 38.2 Å². The smallest absolute Gasteiger partial charge is 0.250 e.